The van der Waals surface area contributed by atoms with E-state index in [0.29, 0.717) is 11.5 Å². The maximum absolute atomic E-state index is 13.3. The molecule has 2 atom stereocenters. The number of nitrogens with one attached hydrogen (secondary N) is 2. The second kappa shape index (κ2) is 6.55. The van der Waals surface area contributed by atoms with E-state index >= 15 is 0 Å². The summed E-state index contributed by atoms with van der Waals surface area (Å²) in [6.45, 7) is 0.982. The van der Waals surface area contributed by atoms with E-state index in [9.17, 15) is 13.6 Å². The first kappa shape index (κ1) is 16.4. The zero-order chi connectivity index (χ0) is 17.2. The molecule has 0 unspecified atom stereocenters. The summed E-state index contributed by atoms with van der Waals surface area (Å²) in [6.07, 6.45) is 2.24. The molecule has 1 aliphatic rings. The van der Waals surface area contributed by atoms with E-state index in [4.69, 9.17) is 0 Å². The maximum Gasteiger partial charge on any atom is 0.315 e. The number of benzene rings is 1. The number of carbonyl (C=O) groups excluding carboxylic acids is 1. The third kappa shape index (κ3) is 4.07. The number of carbonyl (C=O) groups is 1. The van der Waals surface area contributed by atoms with Gasteiger partial charge in [0.15, 0.2) is 0 Å². The Labute approximate surface area is 139 Å². The highest BCUT2D eigenvalue weighted by Gasteiger charge is 2.39. The van der Waals surface area contributed by atoms with Crippen LogP contribution in [0.25, 0.3) is 0 Å². The normalized spacial score (nSPS) is 19.6. The molecule has 2 N–H and O–H groups in total. The first-order valence-corrected chi connectivity index (χ1v) is 7.86. The summed E-state index contributed by atoms with van der Waals surface area (Å²) in [5, 5.41) is 5.60. The van der Waals surface area contributed by atoms with Gasteiger partial charge >= 0.3 is 6.03 Å². The molecule has 4 nitrogen and oxygen atoms in total. The van der Waals surface area contributed by atoms with Crippen molar-refractivity contribution in [1.82, 2.24) is 15.6 Å². The summed E-state index contributed by atoms with van der Waals surface area (Å²) in [6, 6.07) is 12.8. The molecule has 1 aromatic carbocycles. The monoisotopic (exact) mass is 331 g/mol. The maximum atomic E-state index is 13.3. The van der Waals surface area contributed by atoms with Crippen LogP contribution in [0.15, 0.2) is 48.7 Å². The van der Waals surface area contributed by atoms with Crippen LogP contribution in [0.5, 0.6) is 0 Å². The molecular weight excluding hydrogens is 312 g/mol. The Morgan fingerprint density at radius 2 is 2.04 bits per heavy atom. The van der Waals surface area contributed by atoms with E-state index in [1.807, 2.05) is 30.3 Å². The fraction of sp³-hybridized carbons (Fsp3) is 0.333. The van der Waals surface area contributed by atoms with Gasteiger partial charge in [-0.1, -0.05) is 30.3 Å². The van der Waals surface area contributed by atoms with Gasteiger partial charge in [-0.3, -0.25) is 4.98 Å². The zero-order valence-electron chi connectivity index (χ0n) is 13.3. The van der Waals surface area contributed by atoms with Gasteiger partial charge in [0.25, 0.3) is 5.92 Å². The standard InChI is InChI=1S/C18H19F2N3O/c1-18(19,20)16-9-12(7-8-21-16)11-22-17(24)23-15-10-14(15)13-5-3-2-4-6-13/h2-9,14-15H,10-11H2,1H3,(H2,22,23,24)/t14-,15+/m0/s1. The van der Waals surface area contributed by atoms with E-state index in [1.54, 1.807) is 6.07 Å². The molecule has 1 saturated carbocycles. The first-order chi connectivity index (χ1) is 11.4. The van der Waals surface area contributed by atoms with Crippen molar-refractivity contribution in [3.05, 3.63) is 65.5 Å². The molecule has 1 fully saturated rings. The Balaban J connectivity index is 1.49. The number of amides is 2. The van der Waals surface area contributed by atoms with E-state index < -0.39 is 5.92 Å². The summed E-state index contributed by atoms with van der Waals surface area (Å²) in [5.41, 5.74) is 1.51. The number of pyridine rings is 1. The summed E-state index contributed by atoms with van der Waals surface area (Å²) in [7, 11) is 0. The number of alkyl halides is 2. The largest absolute Gasteiger partial charge is 0.335 e. The molecule has 1 aromatic heterocycles. The number of nitrogens with zero attached hydrogens (tertiary/aromatic N) is 1. The molecule has 126 valence electrons. The smallest absolute Gasteiger partial charge is 0.315 e. The van der Waals surface area contributed by atoms with Gasteiger partial charge in [0, 0.05) is 31.6 Å². The minimum Gasteiger partial charge on any atom is -0.335 e. The van der Waals surface area contributed by atoms with Gasteiger partial charge < -0.3 is 10.6 Å². The second-order valence-corrected chi connectivity index (χ2v) is 6.12. The summed E-state index contributed by atoms with van der Waals surface area (Å²) >= 11 is 0. The summed E-state index contributed by atoms with van der Waals surface area (Å²) in [5.74, 6) is -2.64. The van der Waals surface area contributed by atoms with Crippen LogP contribution in [-0.4, -0.2) is 17.1 Å². The van der Waals surface area contributed by atoms with Crippen molar-refractivity contribution in [2.75, 3.05) is 0 Å². The average Bonchev–Trinajstić information content (AvgIpc) is 3.32. The predicted octanol–water partition coefficient (Wildman–Crippen LogP) is 3.55. The molecule has 6 heteroatoms. The van der Waals surface area contributed by atoms with Crippen molar-refractivity contribution in [2.45, 2.75) is 37.8 Å². The Morgan fingerprint density at radius 1 is 1.29 bits per heavy atom. The van der Waals surface area contributed by atoms with Gasteiger partial charge in [-0.2, -0.15) is 8.78 Å². The van der Waals surface area contributed by atoms with Crippen molar-refractivity contribution in [2.24, 2.45) is 0 Å². The lowest BCUT2D eigenvalue weighted by Gasteiger charge is -2.11. The van der Waals surface area contributed by atoms with E-state index in [1.165, 1.54) is 17.8 Å². The number of aromatic nitrogens is 1. The number of hydrogen-bond donors (Lipinski definition) is 2. The van der Waals surface area contributed by atoms with Gasteiger partial charge in [-0.15, -0.1) is 0 Å². The molecule has 0 aliphatic heterocycles. The SMILES string of the molecule is CC(F)(F)c1cc(CNC(=O)N[C@@H]2C[C@H]2c2ccccc2)ccn1. The van der Waals surface area contributed by atoms with Crippen LogP contribution in [0, 0.1) is 0 Å². The van der Waals surface area contributed by atoms with Gasteiger partial charge in [-0.25, -0.2) is 4.79 Å². The topological polar surface area (TPSA) is 54.0 Å². The van der Waals surface area contributed by atoms with Crippen molar-refractivity contribution < 1.29 is 13.6 Å². The van der Waals surface area contributed by atoms with E-state index in [2.05, 4.69) is 15.6 Å². The average molecular weight is 331 g/mol. The molecule has 0 spiro atoms. The van der Waals surface area contributed by atoms with Crippen LogP contribution in [0.1, 0.15) is 36.1 Å². The van der Waals surface area contributed by atoms with Crippen LogP contribution in [0.3, 0.4) is 0 Å². The summed E-state index contributed by atoms with van der Waals surface area (Å²) < 4.78 is 26.5. The minimum absolute atomic E-state index is 0.125. The van der Waals surface area contributed by atoms with Crippen LogP contribution < -0.4 is 10.6 Å². The van der Waals surface area contributed by atoms with Gasteiger partial charge in [0.05, 0.1) is 0 Å². The molecule has 2 amide bonds. The molecular formula is C18H19F2N3O. The highest BCUT2D eigenvalue weighted by molar-refractivity contribution is 5.74. The zero-order valence-corrected chi connectivity index (χ0v) is 13.3. The number of rotatable bonds is 5. The third-order valence-electron chi connectivity index (χ3n) is 4.06. The van der Waals surface area contributed by atoms with Crippen LogP contribution in [0.4, 0.5) is 13.6 Å². The van der Waals surface area contributed by atoms with Crippen molar-refractivity contribution in [1.29, 1.82) is 0 Å². The van der Waals surface area contributed by atoms with Crippen LogP contribution >= 0.6 is 0 Å². The van der Waals surface area contributed by atoms with Crippen LogP contribution in [-0.2, 0) is 12.5 Å². The lowest BCUT2D eigenvalue weighted by Crippen LogP contribution is -2.37. The molecule has 1 heterocycles. The quantitative estimate of drug-likeness (QED) is 0.880. The van der Waals surface area contributed by atoms with Gasteiger partial charge in [0.2, 0.25) is 0 Å². The Hall–Kier alpha value is -2.50. The summed E-state index contributed by atoms with van der Waals surface area (Å²) in [4.78, 5) is 15.6. The lowest BCUT2D eigenvalue weighted by atomic mass is 10.1. The van der Waals surface area contributed by atoms with Crippen molar-refractivity contribution >= 4 is 6.03 Å². The van der Waals surface area contributed by atoms with Crippen molar-refractivity contribution in [3.63, 3.8) is 0 Å². The van der Waals surface area contributed by atoms with E-state index in [0.717, 1.165) is 13.3 Å². The third-order valence-corrected chi connectivity index (χ3v) is 4.06. The molecule has 24 heavy (non-hydrogen) atoms. The first-order valence-electron chi connectivity index (χ1n) is 7.86. The fourth-order valence-corrected chi connectivity index (χ4v) is 2.65. The van der Waals surface area contributed by atoms with E-state index in [-0.39, 0.29) is 24.3 Å². The molecule has 0 saturated heterocycles. The predicted molar refractivity (Wildman–Crippen MR) is 86.8 cm³/mol. The van der Waals surface area contributed by atoms with Gasteiger partial charge in [-0.05, 0) is 29.7 Å². The molecule has 0 radical (unpaired) electrons. The minimum atomic E-state index is -2.99. The van der Waals surface area contributed by atoms with Crippen molar-refractivity contribution in [3.8, 4) is 0 Å². The Bertz CT molecular complexity index is 716. The molecule has 1 aliphatic carbocycles. The molecule has 3 rings (SSSR count). The van der Waals surface area contributed by atoms with Crippen LogP contribution in [0.2, 0.25) is 0 Å². The highest BCUT2D eigenvalue weighted by Crippen LogP contribution is 2.40. The van der Waals surface area contributed by atoms with Gasteiger partial charge in [0.1, 0.15) is 5.69 Å². The molecule has 2 aromatic rings. The Kier molecular flexibility index (Phi) is 4.46. The number of halogens is 2. The highest BCUT2D eigenvalue weighted by atomic mass is 19.3. The Morgan fingerprint density at radius 3 is 2.75 bits per heavy atom. The molecule has 0 bridgehead atoms. The fourth-order valence-electron chi connectivity index (χ4n) is 2.65. The number of urea groups is 1. The second-order valence-electron chi connectivity index (χ2n) is 6.12. The lowest BCUT2D eigenvalue weighted by molar-refractivity contribution is 0.0127. The number of hydrogen-bond acceptors (Lipinski definition) is 2.